The van der Waals surface area contributed by atoms with Gasteiger partial charge in [-0.15, -0.1) is 0 Å². The van der Waals surface area contributed by atoms with Crippen molar-refractivity contribution in [1.82, 2.24) is 5.32 Å². The number of rotatable bonds is 4. The molecule has 8 nitrogen and oxygen atoms in total. The Morgan fingerprint density at radius 1 is 1.22 bits per heavy atom. The minimum Gasteiger partial charge on any atom is -0.478 e. The summed E-state index contributed by atoms with van der Waals surface area (Å²) in [5.41, 5.74) is 2.77. The van der Waals surface area contributed by atoms with E-state index >= 15 is 0 Å². The standard InChI is InChI=1S/C15H22N4O4/c1-14(2,3)23-13(22)19(10-8-6-5-7-9-10)15(4,11(20)21)18-12(16)17/h5-9H,1-4H3,(H,20,21)(H4,16,17,18)/t15-/m0/s1. The van der Waals surface area contributed by atoms with Gasteiger partial charge in [0.25, 0.3) is 0 Å². The maximum absolute atomic E-state index is 12.6. The molecule has 1 aromatic rings. The molecule has 23 heavy (non-hydrogen) atoms. The molecular weight excluding hydrogens is 300 g/mol. The summed E-state index contributed by atoms with van der Waals surface area (Å²) in [4.78, 5) is 25.3. The van der Waals surface area contributed by atoms with Gasteiger partial charge in [-0.3, -0.25) is 5.41 Å². The van der Waals surface area contributed by atoms with Crippen molar-refractivity contribution < 1.29 is 19.4 Å². The van der Waals surface area contributed by atoms with Gasteiger partial charge in [0.15, 0.2) is 5.96 Å². The molecule has 0 spiro atoms. The van der Waals surface area contributed by atoms with Gasteiger partial charge in [0.05, 0.1) is 5.69 Å². The minimum atomic E-state index is -1.99. The lowest BCUT2D eigenvalue weighted by atomic mass is 10.1. The Morgan fingerprint density at radius 2 is 1.74 bits per heavy atom. The summed E-state index contributed by atoms with van der Waals surface area (Å²) in [6.45, 7) is 6.24. The van der Waals surface area contributed by atoms with Gasteiger partial charge < -0.3 is 20.9 Å². The van der Waals surface area contributed by atoms with E-state index in [2.05, 4.69) is 5.32 Å². The summed E-state index contributed by atoms with van der Waals surface area (Å²) in [7, 11) is 0. The number of aliphatic carboxylic acids is 1. The Bertz CT molecular complexity index is 597. The van der Waals surface area contributed by atoms with Crippen LogP contribution >= 0.6 is 0 Å². The van der Waals surface area contributed by atoms with Crippen molar-refractivity contribution in [3.63, 3.8) is 0 Å². The number of nitrogens with two attached hydrogens (primary N) is 1. The predicted octanol–water partition coefficient (Wildman–Crippen LogP) is 1.71. The zero-order valence-electron chi connectivity index (χ0n) is 13.6. The van der Waals surface area contributed by atoms with Crippen LogP contribution in [0.25, 0.3) is 0 Å². The number of nitrogens with one attached hydrogen (secondary N) is 2. The third-order valence-electron chi connectivity index (χ3n) is 2.83. The molecule has 126 valence electrons. The lowest BCUT2D eigenvalue weighted by Gasteiger charge is -2.38. The number of anilines is 1. The quantitative estimate of drug-likeness (QED) is 0.379. The summed E-state index contributed by atoms with van der Waals surface area (Å²) in [6.07, 6.45) is -0.873. The first kappa shape index (κ1) is 18.3. The molecule has 1 aromatic carbocycles. The van der Waals surface area contributed by atoms with Crippen LogP contribution in [0.3, 0.4) is 0 Å². The maximum Gasteiger partial charge on any atom is 0.417 e. The van der Waals surface area contributed by atoms with Gasteiger partial charge >= 0.3 is 12.1 Å². The van der Waals surface area contributed by atoms with E-state index in [-0.39, 0.29) is 0 Å². The van der Waals surface area contributed by atoms with Crippen molar-refractivity contribution in [2.45, 2.75) is 39.0 Å². The molecule has 0 heterocycles. The van der Waals surface area contributed by atoms with Gasteiger partial charge in [-0.1, -0.05) is 18.2 Å². The number of para-hydroxylation sites is 1. The number of hydrogen-bond donors (Lipinski definition) is 4. The molecule has 0 aromatic heterocycles. The summed E-state index contributed by atoms with van der Waals surface area (Å²) in [5.74, 6) is -1.97. The SMILES string of the molecule is CC(C)(C)OC(=O)N(c1ccccc1)[C@](C)(NC(=N)N)C(=O)O. The Balaban J connectivity index is 3.40. The third-order valence-corrected chi connectivity index (χ3v) is 2.83. The summed E-state index contributed by atoms with van der Waals surface area (Å²) >= 11 is 0. The van der Waals surface area contributed by atoms with E-state index in [1.54, 1.807) is 51.1 Å². The molecule has 0 saturated heterocycles. The number of carboxylic acid groups (broad SMARTS) is 1. The highest BCUT2D eigenvalue weighted by atomic mass is 16.6. The summed E-state index contributed by atoms with van der Waals surface area (Å²) in [5, 5.41) is 19.2. The smallest absolute Gasteiger partial charge is 0.417 e. The summed E-state index contributed by atoms with van der Waals surface area (Å²) in [6, 6.07) is 8.17. The molecule has 1 amide bonds. The fourth-order valence-electron chi connectivity index (χ4n) is 1.90. The largest absolute Gasteiger partial charge is 0.478 e. The van der Waals surface area contributed by atoms with Crippen LogP contribution in [0.4, 0.5) is 10.5 Å². The fraction of sp³-hybridized carbons (Fsp3) is 0.400. The Hall–Kier alpha value is -2.77. The molecule has 0 bridgehead atoms. The van der Waals surface area contributed by atoms with Crippen LogP contribution < -0.4 is 16.0 Å². The third kappa shape index (κ3) is 4.60. The normalized spacial score (nSPS) is 13.6. The molecule has 0 unspecified atom stereocenters. The zero-order chi connectivity index (χ0) is 17.8. The zero-order valence-corrected chi connectivity index (χ0v) is 13.6. The number of amides is 1. The second kappa shape index (κ2) is 6.55. The van der Waals surface area contributed by atoms with Crippen LogP contribution in [-0.4, -0.2) is 34.4 Å². The molecule has 0 aliphatic heterocycles. The van der Waals surface area contributed by atoms with Crippen molar-refractivity contribution in [2.75, 3.05) is 4.90 Å². The molecule has 0 fully saturated rings. The molecule has 1 atom stereocenters. The van der Waals surface area contributed by atoms with Crippen LogP contribution in [0.1, 0.15) is 27.7 Å². The van der Waals surface area contributed by atoms with E-state index in [1.807, 2.05) is 0 Å². The Kier molecular flexibility index (Phi) is 5.21. The van der Waals surface area contributed by atoms with Crippen LogP contribution in [0.15, 0.2) is 30.3 Å². The van der Waals surface area contributed by atoms with Gasteiger partial charge in [0, 0.05) is 0 Å². The van der Waals surface area contributed by atoms with Crippen molar-refractivity contribution in [3.05, 3.63) is 30.3 Å². The second-order valence-corrected chi connectivity index (χ2v) is 6.07. The number of nitrogens with zero attached hydrogens (tertiary/aromatic N) is 1. The van der Waals surface area contributed by atoms with E-state index in [1.165, 1.54) is 6.92 Å². The highest BCUT2D eigenvalue weighted by Gasteiger charge is 2.46. The van der Waals surface area contributed by atoms with E-state index in [0.29, 0.717) is 5.69 Å². The lowest BCUT2D eigenvalue weighted by Crippen LogP contribution is -2.67. The molecule has 8 heteroatoms. The van der Waals surface area contributed by atoms with E-state index in [9.17, 15) is 14.7 Å². The second-order valence-electron chi connectivity index (χ2n) is 6.07. The number of ether oxygens (including phenoxy) is 1. The number of benzene rings is 1. The number of guanidine groups is 1. The predicted molar refractivity (Wildman–Crippen MR) is 86.2 cm³/mol. The monoisotopic (exact) mass is 322 g/mol. The highest BCUT2D eigenvalue weighted by molar-refractivity contribution is 6.00. The fourth-order valence-corrected chi connectivity index (χ4v) is 1.90. The Labute approximate surface area is 134 Å². The maximum atomic E-state index is 12.6. The van der Waals surface area contributed by atoms with E-state index in [0.717, 1.165) is 4.90 Å². The topological polar surface area (TPSA) is 129 Å². The number of carbonyl (C=O) groups is 2. The van der Waals surface area contributed by atoms with Gasteiger partial charge in [-0.2, -0.15) is 0 Å². The van der Waals surface area contributed by atoms with Gasteiger partial charge in [-0.25, -0.2) is 14.5 Å². The average molecular weight is 322 g/mol. The van der Waals surface area contributed by atoms with Crippen LogP contribution in [0.2, 0.25) is 0 Å². The van der Waals surface area contributed by atoms with Crippen molar-refractivity contribution in [1.29, 1.82) is 5.41 Å². The molecule has 0 aliphatic rings. The van der Waals surface area contributed by atoms with Gasteiger partial charge in [0.1, 0.15) is 5.60 Å². The van der Waals surface area contributed by atoms with Crippen molar-refractivity contribution >= 4 is 23.7 Å². The summed E-state index contributed by atoms with van der Waals surface area (Å²) < 4.78 is 5.30. The first-order valence-corrected chi connectivity index (χ1v) is 6.91. The average Bonchev–Trinajstić information content (AvgIpc) is 2.36. The van der Waals surface area contributed by atoms with Crippen molar-refractivity contribution in [2.24, 2.45) is 5.73 Å². The van der Waals surface area contributed by atoms with Crippen LogP contribution in [-0.2, 0) is 9.53 Å². The highest BCUT2D eigenvalue weighted by Crippen LogP contribution is 2.25. The number of carboxylic acids is 1. The van der Waals surface area contributed by atoms with Gasteiger partial charge in [0.2, 0.25) is 5.66 Å². The van der Waals surface area contributed by atoms with E-state index in [4.69, 9.17) is 15.9 Å². The minimum absolute atomic E-state index is 0.292. The van der Waals surface area contributed by atoms with Crippen LogP contribution in [0.5, 0.6) is 0 Å². The molecular formula is C15H22N4O4. The molecule has 0 radical (unpaired) electrons. The van der Waals surface area contributed by atoms with Crippen LogP contribution in [0, 0.1) is 5.41 Å². The van der Waals surface area contributed by atoms with Crippen molar-refractivity contribution in [3.8, 4) is 0 Å². The first-order chi connectivity index (χ1) is 10.5. The first-order valence-electron chi connectivity index (χ1n) is 6.91. The van der Waals surface area contributed by atoms with Gasteiger partial charge in [-0.05, 0) is 39.8 Å². The van der Waals surface area contributed by atoms with E-state index < -0.39 is 29.3 Å². The molecule has 1 rings (SSSR count). The molecule has 0 saturated carbocycles. The lowest BCUT2D eigenvalue weighted by molar-refractivity contribution is -0.143. The number of carbonyl (C=O) groups excluding carboxylic acids is 1. The molecule has 0 aliphatic carbocycles. The molecule has 5 N–H and O–H groups in total. The number of hydrogen-bond acceptors (Lipinski definition) is 4. The Morgan fingerprint density at radius 3 is 2.13 bits per heavy atom.